The van der Waals surface area contributed by atoms with Gasteiger partial charge in [-0.3, -0.25) is 9.80 Å². The van der Waals surface area contributed by atoms with E-state index in [0.717, 1.165) is 57.8 Å². The molecule has 0 amide bonds. The van der Waals surface area contributed by atoms with Gasteiger partial charge in [0.2, 0.25) is 0 Å². The Balaban J connectivity index is 2.71. The Hall–Kier alpha value is -0.200. The average molecular weight is 441 g/mol. The van der Waals surface area contributed by atoms with E-state index in [4.69, 9.17) is 4.74 Å². The predicted molar refractivity (Wildman–Crippen MR) is 136 cm³/mol. The van der Waals surface area contributed by atoms with Crippen molar-refractivity contribution >= 4 is 0 Å². The van der Waals surface area contributed by atoms with Gasteiger partial charge in [0.15, 0.2) is 0 Å². The van der Waals surface area contributed by atoms with E-state index in [9.17, 15) is 0 Å². The molecule has 1 fully saturated rings. The zero-order chi connectivity index (χ0) is 23.0. The molecular weight excluding hydrogens is 384 g/mol. The van der Waals surface area contributed by atoms with Crippen LogP contribution < -0.4 is 10.6 Å². The van der Waals surface area contributed by atoms with Crippen molar-refractivity contribution in [1.29, 1.82) is 0 Å². The fraction of sp³-hybridized carbons (Fsp3) is 1.00. The van der Waals surface area contributed by atoms with Crippen LogP contribution in [0.2, 0.25) is 0 Å². The van der Waals surface area contributed by atoms with E-state index >= 15 is 0 Å². The molecule has 0 aliphatic carbocycles. The SMILES string of the molecule is CCCCC(CC)CN1CN(CC(CC)CCCC)CC(C)(NCCNCCOC)C1. The maximum atomic E-state index is 5.14. The van der Waals surface area contributed by atoms with E-state index in [0.29, 0.717) is 0 Å². The Labute approximate surface area is 195 Å². The molecule has 0 saturated carbocycles. The number of nitrogens with zero attached hydrogens (tertiary/aromatic N) is 2. The van der Waals surface area contributed by atoms with Crippen LogP contribution in [0.4, 0.5) is 0 Å². The quantitative estimate of drug-likeness (QED) is 0.288. The third kappa shape index (κ3) is 12.6. The van der Waals surface area contributed by atoms with Crippen LogP contribution in [0, 0.1) is 11.8 Å². The third-order valence-electron chi connectivity index (χ3n) is 7.00. The van der Waals surface area contributed by atoms with Crippen LogP contribution in [0.5, 0.6) is 0 Å². The summed E-state index contributed by atoms with van der Waals surface area (Å²) in [6, 6.07) is 0. The van der Waals surface area contributed by atoms with Crippen LogP contribution in [0.1, 0.15) is 86.0 Å². The van der Waals surface area contributed by atoms with Gasteiger partial charge in [0.1, 0.15) is 0 Å². The molecule has 5 heteroatoms. The molecule has 1 heterocycles. The molecule has 1 aliphatic rings. The summed E-state index contributed by atoms with van der Waals surface area (Å²) in [5.41, 5.74) is 0.160. The number of ether oxygens (including phenoxy) is 1. The number of hydrogen-bond acceptors (Lipinski definition) is 5. The van der Waals surface area contributed by atoms with Crippen LogP contribution in [0.25, 0.3) is 0 Å². The molecule has 2 atom stereocenters. The van der Waals surface area contributed by atoms with Gasteiger partial charge in [-0.1, -0.05) is 66.2 Å². The number of hydrogen-bond donors (Lipinski definition) is 2. The van der Waals surface area contributed by atoms with Crippen LogP contribution in [-0.4, -0.2) is 81.5 Å². The molecule has 1 saturated heterocycles. The second kappa shape index (κ2) is 17.3. The highest BCUT2D eigenvalue weighted by Crippen LogP contribution is 2.23. The molecule has 1 rings (SSSR count). The fourth-order valence-electron chi connectivity index (χ4n) is 5.09. The standard InChI is InChI=1S/C26H56N4O/c1-7-11-13-24(9-3)19-29-21-26(5,28-16-15-27-17-18-31-6)22-30(23-29)20-25(10-4)14-12-8-2/h24-25,27-28H,7-23H2,1-6H3. The highest BCUT2D eigenvalue weighted by molar-refractivity contribution is 4.94. The molecule has 186 valence electrons. The molecule has 0 bridgehead atoms. The molecule has 0 spiro atoms. The highest BCUT2D eigenvalue weighted by Gasteiger charge is 2.35. The maximum Gasteiger partial charge on any atom is 0.0587 e. The lowest BCUT2D eigenvalue weighted by Crippen LogP contribution is -2.65. The van der Waals surface area contributed by atoms with Crippen molar-refractivity contribution in [2.45, 2.75) is 91.5 Å². The Morgan fingerprint density at radius 3 is 1.84 bits per heavy atom. The largest absolute Gasteiger partial charge is 0.383 e. The van der Waals surface area contributed by atoms with Gasteiger partial charge in [0, 0.05) is 58.5 Å². The molecule has 5 nitrogen and oxygen atoms in total. The third-order valence-corrected chi connectivity index (χ3v) is 7.00. The van der Waals surface area contributed by atoms with Gasteiger partial charge >= 0.3 is 0 Å². The molecule has 0 aromatic heterocycles. The summed E-state index contributed by atoms with van der Waals surface area (Å²) < 4.78 is 5.14. The first-order chi connectivity index (χ1) is 15.0. The van der Waals surface area contributed by atoms with Crippen molar-refractivity contribution in [2.24, 2.45) is 11.8 Å². The Kier molecular flexibility index (Phi) is 16.1. The van der Waals surface area contributed by atoms with Gasteiger partial charge in [-0.05, 0) is 31.6 Å². The van der Waals surface area contributed by atoms with Gasteiger partial charge < -0.3 is 15.4 Å². The van der Waals surface area contributed by atoms with Crippen molar-refractivity contribution in [3.05, 3.63) is 0 Å². The van der Waals surface area contributed by atoms with Gasteiger partial charge in [0.25, 0.3) is 0 Å². The van der Waals surface area contributed by atoms with Crippen LogP contribution >= 0.6 is 0 Å². The van der Waals surface area contributed by atoms with E-state index in [1.54, 1.807) is 7.11 Å². The summed E-state index contributed by atoms with van der Waals surface area (Å²) in [4.78, 5) is 5.51. The summed E-state index contributed by atoms with van der Waals surface area (Å²) in [5.74, 6) is 1.67. The lowest BCUT2D eigenvalue weighted by Gasteiger charge is -2.48. The smallest absolute Gasteiger partial charge is 0.0587 e. The molecular formula is C26H56N4O. The first kappa shape index (κ1) is 28.8. The van der Waals surface area contributed by atoms with Crippen LogP contribution in [0.3, 0.4) is 0 Å². The average Bonchev–Trinajstić information content (AvgIpc) is 2.76. The second-order valence-corrected chi connectivity index (χ2v) is 10.2. The molecule has 1 aliphatic heterocycles. The normalized spacial score (nSPS) is 22.6. The maximum absolute atomic E-state index is 5.14. The van der Waals surface area contributed by atoms with E-state index in [1.165, 1.54) is 64.5 Å². The fourth-order valence-corrected chi connectivity index (χ4v) is 5.09. The summed E-state index contributed by atoms with van der Waals surface area (Å²) in [6.07, 6.45) is 10.7. The van der Waals surface area contributed by atoms with Gasteiger partial charge in [-0.15, -0.1) is 0 Å². The van der Waals surface area contributed by atoms with Gasteiger partial charge in [0.05, 0.1) is 13.3 Å². The lowest BCUT2D eigenvalue weighted by molar-refractivity contribution is 0.00518. The summed E-state index contributed by atoms with van der Waals surface area (Å²) in [6.45, 7) is 21.5. The van der Waals surface area contributed by atoms with Gasteiger partial charge in [-0.2, -0.15) is 0 Å². The van der Waals surface area contributed by atoms with E-state index in [1.807, 2.05) is 0 Å². The predicted octanol–water partition coefficient (Wildman–Crippen LogP) is 4.58. The molecule has 2 N–H and O–H groups in total. The van der Waals surface area contributed by atoms with Crippen LogP contribution in [-0.2, 0) is 4.74 Å². The summed E-state index contributed by atoms with van der Waals surface area (Å²) in [7, 11) is 1.76. The zero-order valence-corrected chi connectivity index (χ0v) is 22.0. The number of methoxy groups -OCH3 is 1. The first-order valence-corrected chi connectivity index (χ1v) is 13.4. The lowest BCUT2D eigenvalue weighted by atomic mass is 9.93. The van der Waals surface area contributed by atoms with Crippen molar-refractivity contribution in [1.82, 2.24) is 20.4 Å². The molecule has 0 aromatic rings. The first-order valence-electron chi connectivity index (χ1n) is 13.4. The Morgan fingerprint density at radius 2 is 1.39 bits per heavy atom. The summed E-state index contributed by atoms with van der Waals surface area (Å²) >= 11 is 0. The zero-order valence-electron chi connectivity index (χ0n) is 22.0. The molecule has 0 aromatic carbocycles. The van der Waals surface area contributed by atoms with Crippen molar-refractivity contribution < 1.29 is 4.74 Å². The molecule has 31 heavy (non-hydrogen) atoms. The number of unbranched alkanes of at least 4 members (excludes halogenated alkanes) is 2. The molecule has 2 unspecified atom stereocenters. The van der Waals surface area contributed by atoms with E-state index in [2.05, 4.69) is 55.1 Å². The number of nitrogens with one attached hydrogen (secondary N) is 2. The highest BCUT2D eigenvalue weighted by atomic mass is 16.5. The minimum atomic E-state index is 0.160. The second-order valence-electron chi connectivity index (χ2n) is 10.2. The van der Waals surface area contributed by atoms with E-state index < -0.39 is 0 Å². The minimum absolute atomic E-state index is 0.160. The van der Waals surface area contributed by atoms with Crippen molar-refractivity contribution in [3.63, 3.8) is 0 Å². The monoisotopic (exact) mass is 440 g/mol. The van der Waals surface area contributed by atoms with E-state index in [-0.39, 0.29) is 5.54 Å². The van der Waals surface area contributed by atoms with Crippen molar-refractivity contribution in [2.75, 3.05) is 66.2 Å². The van der Waals surface area contributed by atoms with Crippen LogP contribution in [0.15, 0.2) is 0 Å². The minimum Gasteiger partial charge on any atom is -0.383 e. The Bertz CT molecular complexity index is 394. The number of rotatable bonds is 19. The van der Waals surface area contributed by atoms with Gasteiger partial charge in [-0.25, -0.2) is 0 Å². The molecule has 0 radical (unpaired) electrons. The Morgan fingerprint density at radius 1 is 0.839 bits per heavy atom. The van der Waals surface area contributed by atoms with Crippen molar-refractivity contribution in [3.8, 4) is 0 Å². The topological polar surface area (TPSA) is 39.8 Å². The summed E-state index contributed by atoms with van der Waals surface area (Å²) in [5, 5.41) is 7.40.